The summed E-state index contributed by atoms with van der Waals surface area (Å²) in [6.45, 7) is 1.69. The van der Waals surface area contributed by atoms with Crippen LogP contribution in [0.1, 0.15) is 0 Å². The average molecular weight is 408 g/mol. The van der Waals surface area contributed by atoms with Gasteiger partial charge in [-0.1, -0.05) is 0 Å². The molecule has 1 atom stereocenters. The first-order valence-electron chi connectivity index (χ1n) is 3.06. The minimum atomic E-state index is -3.09. The number of rotatable bonds is 0. The molecule has 0 radical (unpaired) electrons. The van der Waals surface area contributed by atoms with E-state index in [4.69, 9.17) is 67.4 Å². The fraction of sp³-hybridized carbons (Fsp3) is 1.00. The Balaban J connectivity index is 3.53. The van der Waals surface area contributed by atoms with Gasteiger partial charge >= 0.3 is 19.7 Å². The highest BCUT2D eigenvalue weighted by Crippen LogP contribution is 2.83. The van der Waals surface area contributed by atoms with Crippen molar-refractivity contribution in [2.24, 2.45) is 18.1 Å². The van der Waals surface area contributed by atoms with Crippen LogP contribution in [0.2, 0.25) is 0 Å². The Bertz CT molecular complexity index is 458. The Kier molecular flexibility index (Phi) is 5.47. The Labute approximate surface area is 117 Å². The molecule has 1 heterocycles. The van der Waals surface area contributed by atoms with Gasteiger partial charge in [0.2, 0.25) is 0 Å². The maximum absolute atomic E-state index is 5.85. The van der Waals surface area contributed by atoms with Crippen molar-refractivity contribution < 1.29 is 0 Å². The molecule has 0 spiro atoms. The number of nitrogens with zero attached hydrogens (tertiary/aromatic N) is 4. The van der Waals surface area contributed by atoms with Gasteiger partial charge in [0.25, 0.3) is 5.91 Å². The number of halogens is 6. The summed E-state index contributed by atoms with van der Waals surface area (Å²) in [5.74, 6) is -8.93. The highest BCUT2D eigenvalue weighted by atomic mass is 35.9. The van der Waals surface area contributed by atoms with Crippen LogP contribution in [0.3, 0.4) is 0 Å². The van der Waals surface area contributed by atoms with E-state index in [0.29, 0.717) is 0 Å². The van der Waals surface area contributed by atoms with Crippen LogP contribution in [0.4, 0.5) is 0 Å². The standard InChI is InChI=1S/CH3Cl6N4P4/c1-12-8-13(2,3)10-15(6,7)11-14(4,5)9-12/h1H3/q+1. The summed E-state index contributed by atoms with van der Waals surface area (Å²) in [4.78, 5) is 0. The molecule has 0 bridgehead atoms. The van der Waals surface area contributed by atoms with Gasteiger partial charge in [-0.15, -0.1) is 0 Å². The van der Waals surface area contributed by atoms with E-state index in [1.54, 1.807) is 6.66 Å². The zero-order valence-electron chi connectivity index (χ0n) is 6.85. The molecule has 0 saturated carbocycles. The van der Waals surface area contributed by atoms with Crippen molar-refractivity contribution in [3.05, 3.63) is 0 Å². The number of hydrogen-bond acceptors (Lipinski definition) is 4. The third-order valence-corrected chi connectivity index (χ3v) is 15.4. The quantitative estimate of drug-likeness (QED) is 0.361. The van der Waals surface area contributed by atoms with Gasteiger partial charge in [0.1, 0.15) is 6.66 Å². The van der Waals surface area contributed by atoms with Crippen LogP contribution in [0.5, 0.6) is 0 Å². The second kappa shape index (κ2) is 5.26. The summed E-state index contributed by atoms with van der Waals surface area (Å²) >= 11 is 35.0. The van der Waals surface area contributed by atoms with Gasteiger partial charge in [0, 0.05) is 0 Å². The summed E-state index contributed by atoms with van der Waals surface area (Å²) in [5.41, 5.74) is 0. The van der Waals surface area contributed by atoms with Gasteiger partial charge in [-0.3, -0.25) is 0 Å². The summed E-state index contributed by atoms with van der Waals surface area (Å²) in [7, 11) is -1.22. The lowest BCUT2D eigenvalue weighted by atomic mass is 12.0. The minimum absolute atomic E-state index is 1.22. The molecule has 0 amide bonds. The summed E-state index contributed by atoms with van der Waals surface area (Å²) in [5, 5.41) is 0. The van der Waals surface area contributed by atoms with Crippen molar-refractivity contribution in [3.63, 3.8) is 0 Å². The van der Waals surface area contributed by atoms with Crippen molar-refractivity contribution in [2.75, 3.05) is 6.66 Å². The lowest BCUT2D eigenvalue weighted by Crippen LogP contribution is -1.60. The molecule has 0 aliphatic carbocycles. The Morgan fingerprint density at radius 3 is 1.80 bits per heavy atom. The maximum atomic E-state index is 5.85. The monoisotopic (exact) mass is 405 g/mol. The fourth-order valence-corrected chi connectivity index (χ4v) is 20.1. The van der Waals surface area contributed by atoms with Crippen molar-refractivity contribution in [2.45, 2.75) is 0 Å². The first kappa shape index (κ1) is 15.6. The zero-order chi connectivity index (χ0) is 11.9. The molecule has 0 aromatic heterocycles. The smallest absolute Gasteiger partial charge is 0.182 e. The van der Waals surface area contributed by atoms with E-state index in [1.807, 2.05) is 0 Å². The molecule has 0 saturated heterocycles. The maximum Gasteiger partial charge on any atom is 0.353 e. The molecular weight excluding hydrogens is 405 g/mol. The van der Waals surface area contributed by atoms with Crippen molar-refractivity contribution >= 4 is 93.0 Å². The molecule has 0 aromatic carbocycles. The number of hydrogen-bond donors (Lipinski definition) is 0. The topological polar surface area (TPSA) is 49.4 Å². The Morgan fingerprint density at radius 1 is 0.800 bits per heavy atom. The zero-order valence-corrected chi connectivity index (χ0v) is 15.0. The second-order valence-corrected chi connectivity index (χ2v) is 18.8. The van der Waals surface area contributed by atoms with E-state index in [2.05, 4.69) is 18.1 Å². The van der Waals surface area contributed by atoms with Crippen LogP contribution < -0.4 is 0 Å². The van der Waals surface area contributed by atoms with Gasteiger partial charge < -0.3 is 0 Å². The Morgan fingerprint density at radius 2 is 1.27 bits per heavy atom. The lowest BCUT2D eigenvalue weighted by molar-refractivity contribution is 1.78. The van der Waals surface area contributed by atoms with Crippen molar-refractivity contribution in [1.82, 2.24) is 0 Å². The van der Waals surface area contributed by atoms with Crippen molar-refractivity contribution in [3.8, 4) is 0 Å². The summed E-state index contributed by atoms with van der Waals surface area (Å²) in [6, 6.07) is 0. The SMILES string of the molecule is C/[P+]1=N/P(Cl)(Cl)=NP(Cl)(Cl)=NP(Cl)(Cl)=N1. The van der Waals surface area contributed by atoms with Crippen LogP contribution in [-0.2, 0) is 0 Å². The van der Waals surface area contributed by atoms with Gasteiger partial charge in [-0.25, -0.2) is 0 Å². The van der Waals surface area contributed by atoms with E-state index in [-0.39, 0.29) is 0 Å². The van der Waals surface area contributed by atoms with Crippen LogP contribution in [0.15, 0.2) is 18.1 Å². The Hall–Kier alpha value is 2.53. The molecule has 1 aliphatic rings. The minimum Gasteiger partial charge on any atom is -0.182 e. The molecule has 88 valence electrons. The lowest BCUT2D eigenvalue weighted by Gasteiger charge is -2.08. The van der Waals surface area contributed by atoms with Crippen LogP contribution in [-0.4, -0.2) is 6.66 Å². The summed E-state index contributed by atoms with van der Waals surface area (Å²) < 4.78 is 15.6. The summed E-state index contributed by atoms with van der Waals surface area (Å²) in [6.07, 6.45) is 0. The van der Waals surface area contributed by atoms with Crippen LogP contribution >= 0.6 is 93.0 Å². The molecule has 15 heavy (non-hydrogen) atoms. The first-order chi connectivity index (χ1) is 6.52. The van der Waals surface area contributed by atoms with Crippen molar-refractivity contribution in [1.29, 1.82) is 0 Å². The molecule has 0 fully saturated rings. The van der Waals surface area contributed by atoms with Crippen LogP contribution in [0.25, 0.3) is 0 Å². The first-order valence-corrected chi connectivity index (χ1v) is 15.3. The fourth-order valence-electron chi connectivity index (χ4n) is 0.642. The molecule has 1 rings (SSSR count). The predicted molar refractivity (Wildman–Crippen MR) is 78.4 cm³/mol. The normalized spacial score (nSPS) is 30.7. The molecule has 14 heteroatoms. The van der Waals surface area contributed by atoms with Gasteiger partial charge in [-0.2, -0.15) is 9.03 Å². The largest absolute Gasteiger partial charge is 0.353 e. The van der Waals surface area contributed by atoms with E-state index < -0.39 is 25.6 Å². The predicted octanol–water partition coefficient (Wildman–Crippen LogP) is 8.48. The average Bonchev–Trinajstić information content (AvgIpc) is 1.71. The molecular formula is CH3Cl6N4P4+. The highest BCUT2D eigenvalue weighted by Gasteiger charge is 2.31. The highest BCUT2D eigenvalue weighted by molar-refractivity contribution is 8.22. The third kappa shape index (κ3) is 5.80. The van der Waals surface area contributed by atoms with E-state index in [0.717, 1.165) is 0 Å². The molecule has 1 unspecified atom stereocenters. The van der Waals surface area contributed by atoms with E-state index in [9.17, 15) is 0 Å². The van der Waals surface area contributed by atoms with E-state index >= 15 is 0 Å². The molecule has 0 aromatic rings. The van der Waals surface area contributed by atoms with Crippen LogP contribution in [0, 0.1) is 0 Å². The van der Waals surface area contributed by atoms with Gasteiger partial charge in [0.05, 0.1) is 0 Å². The van der Waals surface area contributed by atoms with Gasteiger partial charge in [-0.05, 0) is 76.5 Å². The molecule has 0 N–H and O–H groups in total. The molecule has 1 aliphatic heterocycles. The van der Waals surface area contributed by atoms with Gasteiger partial charge in [0.15, 0.2) is 0 Å². The molecule has 4 nitrogen and oxygen atoms in total. The van der Waals surface area contributed by atoms with E-state index in [1.165, 1.54) is 0 Å². The third-order valence-electron chi connectivity index (χ3n) is 0.905. The second-order valence-electron chi connectivity index (χ2n) is 2.21.